The molecule has 0 radical (unpaired) electrons. The first kappa shape index (κ1) is 24.4. The number of aryl methyl sites for hydroxylation is 1. The molecule has 0 bridgehead atoms. The number of rotatable bonds is 7. The van der Waals surface area contributed by atoms with Gasteiger partial charge in [-0.05, 0) is 51.7 Å². The van der Waals surface area contributed by atoms with Crippen molar-refractivity contribution in [3.63, 3.8) is 0 Å². The number of carbonyl (C=O) groups excluding carboxylic acids is 1. The Morgan fingerprint density at radius 1 is 1.30 bits per heavy atom. The molecule has 166 valence electrons. The maximum absolute atomic E-state index is 12.3. The second kappa shape index (κ2) is 12.1. The van der Waals surface area contributed by atoms with Crippen LogP contribution < -0.4 is 16.0 Å². The Labute approximate surface area is 195 Å². The molecule has 2 atom stereocenters. The van der Waals surface area contributed by atoms with Crippen LogP contribution in [0.4, 0.5) is 0 Å². The van der Waals surface area contributed by atoms with Crippen LogP contribution in [0.1, 0.15) is 51.8 Å². The summed E-state index contributed by atoms with van der Waals surface area (Å²) in [4.78, 5) is 16.7. The molecule has 8 nitrogen and oxygen atoms in total. The molecule has 2 aromatic heterocycles. The summed E-state index contributed by atoms with van der Waals surface area (Å²) >= 11 is 0. The van der Waals surface area contributed by atoms with E-state index in [-0.39, 0.29) is 47.9 Å². The number of halogens is 1. The Bertz CT molecular complexity index is 836. The zero-order chi connectivity index (χ0) is 20.6. The first-order valence-corrected chi connectivity index (χ1v) is 10.6. The largest absolute Gasteiger partial charge is 0.356 e. The van der Waals surface area contributed by atoms with Crippen LogP contribution in [0.25, 0.3) is 5.65 Å². The van der Waals surface area contributed by atoms with Crippen molar-refractivity contribution in [3.8, 4) is 0 Å². The highest BCUT2D eigenvalue weighted by Crippen LogP contribution is 2.24. The number of aromatic nitrogens is 3. The first-order valence-electron chi connectivity index (χ1n) is 10.6. The van der Waals surface area contributed by atoms with Gasteiger partial charge in [0.25, 0.3) is 0 Å². The second-order valence-electron chi connectivity index (χ2n) is 8.02. The van der Waals surface area contributed by atoms with Crippen molar-refractivity contribution in [1.82, 2.24) is 30.5 Å². The van der Waals surface area contributed by atoms with Crippen LogP contribution in [0.5, 0.6) is 0 Å². The van der Waals surface area contributed by atoms with Gasteiger partial charge in [-0.3, -0.25) is 14.2 Å². The number of pyridine rings is 1. The number of nitrogens with one attached hydrogen (secondary N) is 3. The van der Waals surface area contributed by atoms with E-state index in [0.29, 0.717) is 0 Å². The van der Waals surface area contributed by atoms with E-state index in [1.54, 1.807) is 7.05 Å². The summed E-state index contributed by atoms with van der Waals surface area (Å²) in [5, 5.41) is 18.4. The zero-order valence-electron chi connectivity index (χ0n) is 18.1. The van der Waals surface area contributed by atoms with Crippen LogP contribution in [0.15, 0.2) is 29.4 Å². The molecular formula is C21H34IN7O. The summed E-state index contributed by atoms with van der Waals surface area (Å²) in [7, 11) is 1.78. The van der Waals surface area contributed by atoms with Gasteiger partial charge >= 0.3 is 0 Å². The summed E-state index contributed by atoms with van der Waals surface area (Å²) in [5.74, 6) is 2.03. The number of guanidine groups is 1. The van der Waals surface area contributed by atoms with E-state index in [1.807, 2.05) is 42.6 Å². The molecule has 1 amide bonds. The van der Waals surface area contributed by atoms with Crippen molar-refractivity contribution in [3.05, 3.63) is 30.2 Å². The predicted octanol–water partition coefficient (Wildman–Crippen LogP) is 2.53. The summed E-state index contributed by atoms with van der Waals surface area (Å²) in [6, 6.07) is 6.38. The van der Waals surface area contributed by atoms with Crippen LogP contribution in [0.3, 0.4) is 0 Å². The minimum atomic E-state index is 0. The average molecular weight is 527 g/mol. The average Bonchev–Trinajstić information content (AvgIpc) is 3.13. The Morgan fingerprint density at radius 2 is 2.13 bits per heavy atom. The van der Waals surface area contributed by atoms with Crippen LogP contribution in [0.2, 0.25) is 0 Å². The van der Waals surface area contributed by atoms with Crippen LogP contribution >= 0.6 is 24.0 Å². The molecule has 2 aromatic rings. The number of nitrogens with zero attached hydrogens (tertiary/aromatic N) is 4. The fraction of sp³-hybridized carbons (Fsp3) is 0.619. The van der Waals surface area contributed by atoms with Gasteiger partial charge in [-0.1, -0.05) is 12.5 Å². The van der Waals surface area contributed by atoms with E-state index in [0.717, 1.165) is 62.5 Å². The van der Waals surface area contributed by atoms with E-state index >= 15 is 0 Å². The van der Waals surface area contributed by atoms with Crippen LogP contribution in [0, 0.1) is 5.92 Å². The lowest BCUT2D eigenvalue weighted by atomic mass is 9.85. The second-order valence-corrected chi connectivity index (χ2v) is 8.02. The Morgan fingerprint density at radius 3 is 2.90 bits per heavy atom. The Balaban J connectivity index is 0.00000320. The third kappa shape index (κ3) is 6.82. The molecule has 9 heteroatoms. The highest BCUT2D eigenvalue weighted by molar-refractivity contribution is 14.0. The monoisotopic (exact) mass is 527 g/mol. The zero-order valence-corrected chi connectivity index (χ0v) is 20.4. The van der Waals surface area contributed by atoms with Crippen molar-refractivity contribution < 1.29 is 4.79 Å². The van der Waals surface area contributed by atoms with Gasteiger partial charge in [0.2, 0.25) is 5.91 Å². The Kier molecular flexibility index (Phi) is 9.80. The van der Waals surface area contributed by atoms with Crippen molar-refractivity contribution in [2.75, 3.05) is 13.6 Å². The quantitative estimate of drug-likeness (QED) is 0.223. The molecule has 0 aromatic carbocycles. The van der Waals surface area contributed by atoms with E-state index in [2.05, 4.69) is 31.1 Å². The maximum Gasteiger partial charge on any atom is 0.223 e. The number of fused-ring (bicyclic) bond motifs is 1. The highest BCUT2D eigenvalue weighted by atomic mass is 127. The van der Waals surface area contributed by atoms with E-state index < -0.39 is 0 Å². The molecule has 1 aliphatic carbocycles. The summed E-state index contributed by atoms with van der Waals surface area (Å²) < 4.78 is 2.03. The van der Waals surface area contributed by atoms with Crippen LogP contribution in [-0.4, -0.2) is 52.1 Å². The topological polar surface area (TPSA) is 95.7 Å². The molecule has 3 rings (SSSR count). The van der Waals surface area contributed by atoms with Gasteiger partial charge in [-0.2, -0.15) is 0 Å². The lowest BCUT2D eigenvalue weighted by Crippen LogP contribution is -2.47. The summed E-state index contributed by atoms with van der Waals surface area (Å²) in [6.45, 7) is 4.81. The number of hydrogen-bond donors (Lipinski definition) is 3. The number of amides is 1. The molecule has 1 aliphatic rings. The van der Waals surface area contributed by atoms with E-state index in [4.69, 9.17) is 0 Å². The molecular weight excluding hydrogens is 493 g/mol. The first-order chi connectivity index (χ1) is 14.1. The van der Waals surface area contributed by atoms with Crippen molar-refractivity contribution in [1.29, 1.82) is 0 Å². The van der Waals surface area contributed by atoms with Crippen molar-refractivity contribution >= 4 is 41.5 Å². The number of aliphatic imine (C=N–C) groups is 1. The molecule has 30 heavy (non-hydrogen) atoms. The minimum Gasteiger partial charge on any atom is -0.356 e. The lowest BCUT2D eigenvalue weighted by molar-refractivity contribution is -0.126. The number of carbonyl (C=O) groups is 1. The van der Waals surface area contributed by atoms with E-state index in [9.17, 15) is 4.79 Å². The minimum absolute atomic E-state index is 0. The number of hydrogen-bond acceptors (Lipinski definition) is 4. The molecule has 3 N–H and O–H groups in total. The predicted molar refractivity (Wildman–Crippen MR) is 130 cm³/mol. The molecule has 1 saturated carbocycles. The fourth-order valence-corrected chi connectivity index (χ4v) is 3.86. The maximum atomic E-state index is 12.3. The molecule has 0 saturated heterocycles. The highest BCUT2D eigenvalue weighted by Gasteiger charge is 2.27. The molecule has 1 fully saturated rings. The third-order valence-electron chi connectivity index (χ3n) is 5.29. The fourth-order valence-electron chi connectivity index (χ4n) is 3.86. The molecule has 2 heterocycles. The Hall–Kier alpha value is -1.91. The van der Waals surface area contributed by atoms with Crippen molar-refractivity contribution in [2.45, 2.75) is 64.5 Å². The van der Waals surface area contributed by atoms with Gasteiger partial charge in [0.05, 0.1) is 0 Å². The van der Waals surface area contributed by atoms with Crippen molar-refractivity contribution in [2.24, 2.45) is 10.9 Å². The SMILES string of the molecule is CN=C(NCCCc1nnc2ccccn12)NC1CCCC(C(=O)NC(C)C)C1.I. The summed E-state index contributed by atoms with van der Waals surface area (Å²) in [6.07, 6.45) is 7.72. The molecule has 0 spiro atoms. The van der Waals surface area contributed by atoms with Gasteiger partial charge in [0.15, 0.2) is 11.6 Å². The van der Waals surface area contributed by atoms with Gasteiger partial charge in [-0.25, -0.2) is 0 Å². The van der Waals surface area contributed by atoms with Gasteiger partial charge < -0.3 is 16.0 Å². The van der Waals surface area contributed by atoms with Gasteiger partial charge in [-0.15, -0.1) is 34.2 Å². The normalized spacial score (nSPS) is 19.4. The standard InChI is InChI=1S/C21H33N7O.HI/c1-15(2)24-20(29)16-8-6-9-17(14-16)25-21(22-3)23-12-7-11-19-27-26-18-10-4-5-13-28(18)19;/h4-5,10,13,15-17H,6-9,11-12,14H2,1-3H3,(H,24,29)(H2,22,23,25);1H. The third-order valence-corrected chi connectivity index (χ3v) is 5.29. The van der Waals surface area contributed by atoms with Gasteiger partial charge in [0, 0.05) is 44.2 Å². The lowest BCUT2D eigenvalue weighted by Gasteiger charge is -2.30. The molecule has 2 unspecified atom stereocenters. The van der Waals surface area contributed by atoms with Gasteiger partial charge in [0.1, 0.15) is 5.82 Å². The smallest absolute Gasteiger partial charge is 0.223 e. The van der Waals surface area contributed by atoms with E-state index in [1.165, 1.54) is 0 Å². The molecule has 0 aliphatic heterocycles. The summed E-state index contributed by atoms with van der Waals surface area (Å²) in [5.41, 5.74) is 0.876. The van der Waals surface area contributed by atoms with Crippen LogP contribution in [-0.2, 0) is 11.2 Å².